The third kappa shape index (κ3) is 6.11. The summed E-state index contributed by atoms with van der Waals surface area (Å²) in [5.74, 6) is 0.356. The lowest BCUT2D eigenvalue weighted by Crippen LogP contribution is -2.42. The molecule has 0 atom stereocenters. The lowest BCUT2D eigenvalue weighted by molar-refractivity contribution is -0.130. The second-order valence-electron chi connectivity index (χ2n) is 7.17. The zero-order valence-corrected chi connectivity index (χ0v) is 18.4. The first-order valence-corrected chi connectivity index (χ1v) is 10.6. The van der Waals surface area contributed by atoms with Crippen LogP contribution in [0.15, 0.2) is 42.5 Å². The largest absolute Gasteiger partial charge is 0.497 e. The van der Waals surface area contributed by atoms with Crippen molar-refractivity contribution >= 4 is 35.0 Å². The smallest absolute Gasteiger partial charge is 0.253 e. The predicted octanol–water partition coefficient (Wildman–Crippen LogP) is 3.47. The number of hydrogen-bond donors (Lipinski definition) is 1. The Hall–Kier alpha value is -2.28. The number of ether oxygens (including phenoxy) is 1. The van der Waals surface area contributed by atoms with Crippen LogP contribution in [0.5, 0.6) is 5.75 Å². The molecule has 0 saturated carbocycles. The van der Waals surface area contributed by atoms with Gasteiger partial charge in [0.05, 0.1) is 24.2 Å². The first-order valence-electron chi connectivity index (χ1n) is 9.82. The minimum Gasteiger partial charge on any atom is -0.497 e. The van der Waals surface area contributed by atoms with E-state index in [9.17, 15) is 9.59 Å². The Bertz CT molecular complexity index is 890. The molecule has 1 saturated heterocycles. The van der Waals surface area contributed by atoms with Crippen LogP contribution in [0.4, 0.5) is 0 Å². The summed E-state index contributed by atoms with van der Waals surface area (Å²) in [7, 11) is 1.65. The molecule has 1 N–H and O–H groups in total. The number of benzene rings is 2. The topological polar surface area (TPSA) is 61.9 Å². The van der Waals surface area contributed by atoms with Crippen LogP contribution in [0.2, 0.25) is 10.0 Å². The second kappa shape index (κ2) is 10.7. The summed E-state index contributed by atoms with van der Waals surface area (Å²) < 4.78 is 5.20. The molecule has 1 heterocycles. The van der Waals surface area contributed by atoms with Crippen molar-refractivity contribution in [2.45, 2.75) is 13.0 Å². The van der Waals surface area contributed by atoms with Crippen LogP contribution in [-0.2, 0) is 11.3 Å². The van der Waals surface area contributed by atoms with E-state index in [0.29, 0.717) is 23.7 Å². The van der Waals surface area contributed by atoms with Gasteiger partial charge in [0.1, 0.15) is 5.75 Å². The van der Waals surface area contributed by atoms with Crippen molar-refractivity contribution in [3.05, 3.63) is 63.6 Å². The van der Waals surface area contributed by atoms with Crippen LogP contribution in [0.25, 0.3) is 0 Å². The molecule has 2 aromatic carbocycles. The highest BCUT2D eigenvalue weighted by Gasteiger charge is 2.20. The van der Waals surface area contributed by atoms with E-state index in [-0.39, 0.29) is 23.4 Å². The lowest BCUT2D eigenvalue weighted by Gasteiger charge is -2.22. The Morgan fingerprint density at radius 1 is 1.03 bits per heavy atom. The average Bonchev–Trinajstić information content (AvgIpc) is 2.98. The maximum Gasteiger partial charge on any atom is 0.253 e. The SMILES string of the molecule is COc1ccc(CN2CCCN(C(=O)CNC(=O)c3ccc(Cl)cc3Cl)CC2)cc1. The highest BCUT2D eigenvalue weighted by molar-refractivity contribution is 6.36. The van der Waals surface area contributed by atoms with Gasteiger partial charge in [0.25, 0.3) is 5.91 Å². The molecular formula is C22H25Cl2N3O3. The number of rotatable bonds is 6. The number of nitrogens with zero attached hydrogens (tertiary/aromatic N) is 2. The molecule has 2 aromatic rings. The molecule has 0 radical (unpaired) electrons. The van der Waals surface area contributed by atoms with Crippen molar-refractivity contribution in [2.24, 2.45) is 0 Å². The normalized spacial score (nSPS) is 14.8. The van der Waals surface area contributed by atoms with Gasteiger partial charge < -0.3 is 15.0 Å². The third-order valence-corrected chi connectivity index (χ3v) is 5.63. The van der Waals surface area contributed by atoms with Crippen LogP contribution < -0.4 is 10.1 Å². The Kier molecular flexibility index (Phi) is 7.96. The Morgan fingerprint density at radius 3 is 2.50 bits per heavy atom. The number of methoxy groups -OCH3 is 1. The summed E-state index contributed by atoms with van der Waals surface area (Å²) in [5.41, 5.74) is 1.51. The molecule has 1 aliphatic rings. The van der Waals surface area contributed by atoms with Crippen molar-refractivity contribution in [2.75, 3.05) is 39.8 Å². The highest BCUT2D eigenvalue weighted by atomic mass is 35.5. The molecule has 2 amide bonds. The van der Waals surface area contributed by atoms with Gasteiger partial charge in [-0.1, -0.05) is 35.3 Å². The van der Waals surface area contributed by atoms with Gasteiger partial charge >= 0.3 is 0 Å². The zero-order chi connectivity index (χ0) is 21.5. The summed E-state index contributed by atoms with van der Waals surface area (Å²) in [5, 5.41) is 3.37. The van der Waals surface area contributed by atoms with Crippen molar-refractivity contribution in [1.82, 2.24) is 15.1 Å². The van der Waals surface area contributed by atoms with Gasteiger partial charge in [-0.05, 0) is 42.3 Å². The fourth-order valence-electron chi connectivity index (χ4n) is 3.40. The quantitative estimate of drug-likeness (QED) is 0.733. The fourth-order valence-corrected chi connectivity index (χ4v) is 3.90. The Morgan fingerprint density at radius 2 is 1.80 bits per heavy atom. The molecule has 30 heavy (non-hydrogen) atoms. The molecule has 1 fully saturated rings. The Labute approximate surface area is 186 Å². The minimum absolute atomic E-state index is 0.0593. The molecule has 6 nitrogen and oxygen atoms in total. The predicted molar refractivity (Wildman–Crippen MR) is 118 cm³/mol. The van der Waals surface area contributed by atoms with Gasteiger partial charge in [-0.25, -0.2) is 0 Å². The van der Waals surface area contributed by atoms with Crippen molar-refractivity contribution < 1.29 is 14.3 Å². The monoisotopic (exact) mass is 449 g/mol. The standard InChI is InChI=1S/C22H25Cl2N3O3/c1-30-18-6-3-16(4-7-18)15-26-9-2-10-27(12-11-26)21(28)14-25-22(29)19-8-5-17(23)13-20(19)24/h3-8,13H,2,9-12,14-15H2,1H3,(H,25,29). The van der Waals surface area contributed by atoms with Gasteiger partial charge in [-0.2, -0.15) is 0 Å². The molecule has 3 rings (SSSR count). The van der Waals surface area contributed by atoms with E-state index in [1.54, 1.807) is 24.1 Å². The number of carbonyl (C=O) groups is 2. The first kappa shape index (κ1) is 22.4. The van der Waals surface area contributed by atoms with E-state index in [1.165, 1.54) is 11.6 Å². The summed E-state index contributed by atoms with van der Waals surface area (Å²) in [6, 6.07) is 12.7. The fraction of sp³-hybridized carbons (Fsp3) is 0.364. The molecular weight excluding hydrogens is 425 g/mol. The number of nitrogens with one attached hydrogen (secondary N) is 1. The maximum absolute atomic E-state index is 12.6. The molecule has 0 unspecified atom stereocenters. The van der Waals surface area contributed by atoms with E-state index >= 15 is 0 Å². The Balaban J connectivity index is 1.48. The number of halogens is 2. The average molecular weight is 450 g/mol. The van der Waals surface area contributed by atoms with Crippen LogP contribution >= 0.6 is 23.2 Å². The van der Waals surface area contributed by atoms with E-state index in [0.717, 1.165) is 31.8 Å². The van der Waals surface area contributed by atoms with Gasteiger partial charge in [-0.15, -0.1) is 0 Å². The molecule has 1 aliphatic heterocycles. The number of amides is 2. The van der Waals surface area contributed by atoms with Crippen LogP contribution in [-0.4, -0.2) is 61.4 Å². The van der Waals surface area contributed by atoms with Crippen LogP contribution in [0.1, 0.15) is 22.3 Å². The van der Waals surface area contributed by atoms with E-state index in [2.05, 4.69) is 22.3 Å². The number of carbonyl (C=O) groups excluding carboxylic acids is 2. The van der Waals surface area contributed by atoms with Crippen LogP contribution in [0.3, 0.4) is 0 Å². The molecule has 8 heteroatoms. The van der Waals surface area contributed by atoms with Crippen molar-refractivity contribution in [1.29, 1.82) is 0 Å². The van der Waals surface area contributed by atoms with Gasteiger partial charge in [0, 0.05) is 37.7 Å². The lowest BCUT2D eigenvalue weighted by atomic mass is 10.2. The molecule has 0 aromatic heterocycles. The van der Waals surface area contributed by atoms with Gasteiger partial charge in [0.15, 0.2) is 0 Å². The summed E-state index contributed by atoms with van der Waals surface area (Å²) in [6.45, 7) is 3.79. The second-order valence-corrected chi connectivity index (χ2v) is 8.01. The first-order chi connectivity index (χ1) is 14.5. The van der Waals surface area contributed by atoms with Gasteiger partial charge in [0.2, 0.25) is 5.91 Å². The maximum atomic E-state index is 12.6. The van der Waals surface area contributed by atoms with Crippen molar-refractivity contribution in [3.63, 3.8) is 0 Å². The van der Waals surface area contributed by atoms with Gasteiger partial charge in [-0.3, -0.25) is 14.5 Å². The third-order valence-electron chi connectivity index (χ3n) is 5.08. The van der Waals surface area contributed by atoms with E-state index in [4.69, 9.17) is 27.9 Å². The molecule has 160 valence electrons. The summed E-state index contributed by atoms with van der Waals surface area (Å²) in [6.07, 6.45) is 0.888. The van der Waals surface area contributed by atoms with E-state index < -0.39 is 0 Å². The van der Waals surface area contributed by atoms with E-state index in [1.807, 2.05) is 12.1 Å². The summed E-state index contributed by atoms with van der Waals surface area (Å²) >= 11 is 11.9. The van der Waals surface area contributed by atoms with Crippen LogP contribution in [0, 0.1) is 0 Å². The highest BCUT2D eigenvalue weighted by Crippen LogP contribution is 2.20. The molecule has 0 aliphatic carbocycles. The molecule has 0 spiro atoms. The minimum atomic E-state index is -0.388. The van der Waals surface area contributed by atoms with Crippen molar-refractivity contribution in [3.8, 4) is 5.75 Å². The molecule has 0 bridgehead atoms. The number of hydrogen-bond acceptors (Lipinski definition) is 4. The summed E-state index contributed by atoms with van der Waals surface area (Å²) in [4.78, 5) is 29.0. The zero-order valence-electron chi connectivity index (χ0n) is 16.9.